The average molecular weight is 314 g/mol. The van der Waals surface area contributed by atoms with E-state index in [1.165, 1.54) is 0 Å². The summed E-state index contributed by atoms with van der Waals surface area (Å²) in [4.78, 5) is 27.9. The molecule has 7 heteroatoms. The largest absolute Gasteiger partial charge is 0.480 e. The average Bonchev–Trinajstić information content (AvgIpc) is 3.24. The second-order valence-electron chi connectivity index (χ2n) is 5.94. The van der Waals surface area contributed by atoms with Crippen molar-refractivity contribution < 1.29 is 19.4 Å². The predicted octanol–water partition coefficient (Wildman–Crippen LogP) is 1.46. The number of ether oxygens (including phenoxy) is 1. The van der Waals surface area contributed by atoms with Gasteiger partial charge in [0.2, 0.25) is 0 Å². The lowest BCUT2D eigenvalue weighted by Gasteiger charge is -2.40. The Balaban J connectivity index is 1.79. The third-order valence-electron chi connectivity index (χ3n) is 4.51. The third-order valence-corrected chi connectivity index (χ3v) is 5.97. The predicted molar refractivity (Wildman–Crippen MR) is 79.2 cm³/mol. The van der Waals surface area contributed by atoms with Gasteiger partial charge in [-0.2, -0.15) is 0 Å². The highest BCUT2D eigenvalue weighted by Gasteiger charge is 2.49. The number of carboxylic acid groups (broad SMARTS) is 1. The lowest BCUT2D eigenvalue weighted by atomic mass is 10.1. The van der Waals surface area contributed by atoms with Crippen molar-refractivity contribution in [3.63, 3.8) is 0 Å². The summed E-state index contributed by atoms with van der Waals surface area (Å²) in [5.74, 6) is 0.0911. The third kappa shape index (κ3) is 2.85. The van der Waals surface area contributed by atoms with Crippen molar-refractivity contribution in [2.45, 2.75) is 43.6 Å². The van der Waals surface area contributed by atoms with E-state index in [-0.39, 0.29) is 17.4 Å². The molecular formula is C14H22N2O4S. The van der Waals surface area contributed by atoms with Crippen molar-refractivity contribution in [1.82, 2.24) is 9.80 Å². The fourth-order valence-corrected chi connectivity index (χ4v) is 4.72. The van der Waals surface area contributed by atoms with E-state index in [1.54, 1.807) is 16.7 Å². The zero-order valence-corrected chi connectivity index (χ0v) is 13.1. The van der Waals surface area contributed by atoms with Crippen LogP contribution in [0.25, 0.3) is 0 Å². The molecule has 1 N–H and O–H groups in total. The van der Waals surface area contributed by atoms with Gasteiger partial charge >= 0.3 is 12.0 Å². The van der Waals surface area contributed by atoms with Gasteiger partial charge in [-0.25, -0.2) is 9.59 Å². The standard InChI is InChI=1S/C14H22N2O4S/c1-2-10-7-20-6-5-15(10)14(19)16-11(13(17)18)8-21-12(16)9-3-4-9/h9-12H,2-8H2,1H3,(H,17,18). The Kier molecular flexibility index (Phi) is 4.31. The first-order valence-corrected chi connectivity index (χ1v) is 8.69. The molecule has 2 heterocycles. The van der Waals surface area contributed by atoms with Gasteiger partial charge in [-0.15, -0.1) is 11.8 Å². The summed E-state index contributed by atoms with van der Waals surface area (Å²) in [6.07, 6.45) is 3.04. The second kappa shape index (κ2) is 6.04. The quantitative estimate of drug-likeness (QED) is 0.854. The molecule has 0 aromatic rings. The SMILES string of the molecule is CCC1COCCN1C(=O)N1C(C(=O)O)CSC1C1CC1. The molecule has 2 saturated heterocycles. The van der Waals surface area contributed by atoms with Crippen molar-refractivity contribution in [2.24, 2.45) is 5.92 Å². The molecule has 21 heavy (non-hydrogen) atoms. The van der Waals surface area contributed by atoms with E-state index in [4.69, 9.17) is 4.74 Å². The number of carbonyl (C=O) groups excluding carboxylic acids is 1. The van der Waals surface area contributed by atoms with E-state index in [1.807, 2.05) is 11.8 Å². The minimum Gasteiger partial charge on any atom is -0.480 e. The van der Waals surface area contributed by atoms with Crippen LogP contribution in [0.4, 0.5) is 4.79 Å². The van der Waals surface area contributed by atoms with Crippen LogP contribution in [0.1, 0.15) is 26.2 Å². The first-order chi connectivity index (χ1) is 10.1. The number of urea groups is 1. The van der Waals surface area contributed by atoms with E-state index in [2.05, 4.69) is 0 Å². The highest BCUT2D eigenvalue weighted by Crippen LogP contribution is 2.46. The van der Waals surface area contributed by atoms with Crippen LogP contribution < -0.4 is 0 Å². The molecule has 1 saturated carbocycles. The Morgan fingerprint density at radius 3 is 2.76 bits per heavy atom. The van der Waals surface area contributed by atoms with Gasteiger partial charge in [-0.3, -0.25) is 4.90 Å². The molecule has 3 rings (SSSR count). The Morgan fingerprint density at radius 2 is 2.14 bits per heavy atom. The normalized spacial score (nSPS) is 33.3. The van der Waals surface area contributed by atoms with Gasteiger partial charge in [0.05, 0.1) is 24.6 Å². The molecule has 0 radical (unpaired) electrons. The maximum Gasteiger partial charge on any atom is 0.327 e. The van der Waals surface area contributed by atoms with Crippen molar-refractivity contribution >= 4 is 23.8 Å². The molecule has 0 spiro atoms. The lowest BCUT2D eigenvalue weighted by Crippen LogP contribution is -2.57. The molecule has 6 nitrogen and oxygen atoms in total. The smallest absolute Gasteiger partial charge is 0.327 e. The van der Waals surface area contributed by atoms with Gasteiger partial charge < -0.3 is 14.7 Å². The fourth-order valence-electron chi connectivity index (χ4n) is 3.10. The summed E-state index contributed by atoms with van der Waals surface area (Å²) in [7, 11) is 0. The number of morpholine rings is 1. The number of carboxylic acids is 1. The summed E-state index contributed by atoms with van der Waals surface area (Å²) in [6.45, 7) is 3.68. The molecule has 3 atom stereocenters. The molecule has 3 aliphatic rings. The number of hydrogen-bond acceptors (Lipinski definition) is 4. The van der Waals surface area contributed by atoms with E-state index >= 15 is 0 Å². The summed E-state index contributed by atoms with van der Waals surface area (Å²) in [5, 5.41) is 9.46. The highest BCUT2D eigenvalue weighted by molar-refractivity contribution is 8.00. The van der Waals surface area contributed by atoms with E-state index < -0.39 is 12.0 Å². The number of nitrogens with zero attached hydrogens (tertiary/aromatic N) is 2. The molecule has 118 valence electrons. The first-order valence-electron chi connectivity index (χ1n) is 7.64. The van der Waals surface area contributed by atoms with E-state index in [9.17, 15) is 14.7 Å². The molecule has 0 aromatic heterocycles. The molecule has 2 aliphatic heterocycles. The minimum atomic E-state index is -0.889. The number of rotatable bonds is 3. The number of thioether (sulfide) groups is 1. The van der Waals surface area contributed by atoms with Crippen LogP contribution in [0, 0.1) is 5.92 Å². The maximum atomic E-state index is 12.9. The highest BCUT2D eigenvalue weighted by atomic mass is 32.2. The first kappa shape index (κ1) is 15.0. The van der Waals surface area contributed by atoms with E-state index in [0.29, 0.717) is 31.4 Å². The molecule has 0 aromatic carbocycles. The lowest BCUT2D eigenvalue weighted by molar-refractivity contribution is -0.141. The Hall–Kier alpha value is -0.950. The van der Waals surface area contributed by atoms with Gasteiger partial charge in [0.25, 0.3) is 0 Å². The Morgan fingerprint density at radius 1 is 1.38 bits per heavy atom. The molecule has 0 bridgehead atoms. The van der Waals surface area contributed by atoms with Gasteiger partial charge in [-0.05, 0) is 25.2 Å². The number of carbonyl (C=O) groups is 2. The number of aliphatic carboxylic acids is 1. The molecule has 1 aliphatic carbocycles. The molecule has 3 fully saturated rings. The summed E-state index contributed by atoms with van der Waals surface area (Å²) in [6, 6.07) is -0.737. The van der Waals surface area contributed by atoms with Crippen LogP contribution in [0.3, 0.4) is 0 Å². The number of amides is 2. The summed E-state index contributed by atoms with van der Waals surface area (Å²) in [5.41, 5.74) is 0. The topological polar surface area (TPSA) is 70.1 Å². The van der Waals surface area contributed by atoms with Crippen molar-refractivity contribution in [3.8, 4) is 0 Å². The van der Waals surface area contributed by atoms with Gasteiger partial charge in [0, 0.05) is 12.3 Å². The monoisotopic (exact) mass is 314 g/mol. The van der Waals surface area contributed by atoms with Gasteiger partial charge in [0.1, 0.15) is 6.04 Å². The van der Waals surface area contributed by atoms with Gasteiger partial charge in [0.15, 0.2) is 0 Å². The second-order valence-corrected chi connectivity index (χ2v) is 7.09. The zero-order valence-electron chi connectivity index (χ0n) is 12.2. The summed E-state index contributed by atoms with van der Waals surface area (Å²) >= 11 is 1.63. The van der Waals surface area contributed by atoms with Crippen LogP contribution in [0.15, 0.2) is 0 Å². The Labute approximate surface area is 128 Å². The molecular weight excluding hydrogens is 292 g/mol. The van der Waals surface area contributed by atoms with E-state index in [0.717, 1.165) is 19.3 Å². The van der Waals surface area contributed by atoms with Crippen LogP contribution in [0.2, 0.25) is 0 Å². The Bertz CT molecular complexity index is 429. The van der Waals surface area contributed by atoms with Crippen molar-refractivity contribution in [3.05, 3.63) is 0 Å². The minimum absolute atomic E-state index is 0.0407. The van der Waals surface area contributed by atoms with Crippen LogP contribution in [-0.4, -0.2) is 69.9 Å². The molecule has 2 amide bonds. The van der Waals surface area contributed by atoms with Crippen LogP contribution >= 0.6 is 11.8 Å². The number of hydrogen-bond donors (Lipinski definition) is 1. The van der Waals surface area contributed by atoms with Crippen LogP contribution in [-0.2, 0) is 9.53 Å². The zero-order chi connectivity index (χ0) is 15.0. The van der Waals surface area contributed by atoms with Gasteiger partial charge in [-0.1, -0.05) is 6.92 Å². The van der Waals surface area contributed by atoms with Crippen molar-refractivity contribution in [2.75, 3.05) is 25.5 Å². The summed E-state index contributed by atoms with van der Waals surface area (Å²) < 4.78 is 5.44. The fraction of sp³-hybridized carbons (Fsp3) is 0.857. The van der Waals surface area contributed by atoms with Crippen molar-refractivity contribution in [1.29, 1.82) is 0 Å². The molecule has 3 unspecified atom stereocenters. The van der Waals surface area contributed by atoms with Crippen LogP contribution in [0.5, 0.6) is 0 Å². The maximum absolute atomic E-state index is 12.9.